The van der Waals surface area contributed by atoms with Gasteiger partial charge in [0.1, 0.15) is 5.82 Å². The monoisotopic (exact) mass is 230 g/mol. The van der Waals surface area contributed by atoms with Crippen LogP contribution in [0, 0.1) is 5.82 Å². The van der Waals surface area contributed by atoms with Crippen molar-refractivity contribution in [2.45, 2.75) is 19.5 Å². The molecule has 0 radical (unpaired) electrons. The van der Waals surface area contributed by atoms with E-state index in [9.17, 15) is 9.18 Å². The number of hydrogen-bond acceptors (Lipinski definition) is 2. The third-order valence-corrected chi connectivity index (χ3v) is 2.15. The fourth-order valence-corrected chi connectivity index (χ4v) is 1.20. The summed E-state index contributed by atoms with van der Waals surface area (Å²) in [4.78, 5) is 11.1. The van der Waals surface area contributed by atoms with Crippen LogP contribution >= 0.6 is 11.6 Å². The molecule has 0 spiro atoms. The van der Waals surface area contributed by atoms with E-state index in [1.165, 1.54) is 12.1 Å². The number of nitrogens with two attached hydrogens (primary N) is 1. The molecule has 0 aromatic heterocycles. The molecule has 0 saturated carbocycles. The molecule has 1 rings (SSSR count). The van der Waals surface area contributed by atoms with E-state index in [1.807, 2.05) is 0 Å². The summed E-state index contributed by atoms with van der Waals surface area (Å²) in [6.45, 7) is 1.88. The van der Waals surface area contributed by atoms with Crippen LogP contribution in [0.1, 0.15) is 12.5 Å². The van der Waals surface area contributed by atoms with Crippen LogP contribution in [0.15, 0.2) is 18.2 Å². The average molecular weight is 231 g/mol. The molecule has 1 amide bonds. The minimum absolute atomic E-state index is 0.0440. The highest BCUT2D eigenvalue weighted by molar-refractivity contribution is 6.30. The van der Waals surface area contributed by atoms with E-state index in [0.29, 0.717) is 6.54 Å². The van der Waals surface area contributed by atoms with Crippen molar-refractivity contribution >= 4 is 17.5 Å². The Morgan fingerprint density at radius 2 is 2.33 bits per heavy atom. The maximum absolute atomic E-state index is 12.8. The molecule has 0 saturated heterocycles. The molecule has 0 aliphatic rings. The van der Waals surface area contributed by atoms with E-state index in [4.69, 9.17) is 17.3 Å². The zero-order valence-corrected chi connectivity index (χ0v) is 9.01. The van der Waals surface area contributed by atoms with Crippen LogP contribution in [0.4, 0.5) is 4.39 Å². The molecule has 0 aliphatic carbocycles. The first-order valence-corrected chi connectivity index (χ1v) is 4.85. The van der Waals surface area contributed by atoms with E-state index in [-0.39, 0.29) is 10.9 Å². The summed E-state index contributed by atoms with van der Waals surface area (Å²) >= 11 is 5.58. The van der Waals surface area contributed by atoms with Gasteiger partial charge in [-0.05, 0) is 24.6 Å². The molecule has 5 heteroatoms. The Morgan fingerprint density at radius 3 is 2.87 bits per heavy atom. The van der Waals surface area contributed by atoms with Gasteiger partial charge in [-0.2, -0.15) is 0 Å². The molecule has 1 aromatic rings. The second kappa shape index (κ2) is 5.09. The minimum atomic E-state index is -0.555. The predicted molar refractivity (Wildman–Crippen MR) is 56.9 cm³/mol. The molecule has 0 unspecified atom stereocenters. The quantitative estimate of drug-likeness (QED) is 0.826. The van der Waals surface area contributed by atoms with E-state index < -0.39 is 11.9 Å². The molecule has 15 heavy (non-hydrogen) atoms. The lowest BCUT2D eigenvalue weighted by Gasteiger charge is -2.07. The van der Waals surface area contributed by atoms with E-state index in [2.05, 4.69) is 5.32 Å². The summed E-state index contributed by atoms with van der Waals surface area (Å²) in [5, 5.41) is 2.64. The van der Waals surface area contributed by atoms with Gasteiger partial charge >= 0.3 is 0 Å². The lowest BCUT2D eigenvalue weighted by Crippen LogP contribution is -2.37. The van der Waals surface area contributed by atoms with Gasteiger partial charge in [0.05, 0.1) is 11.1 Å². The van der Waals surface area contributed by atoms with Crippen molar-refractivity contribution in [1.29, 1.82) is 0 Å². The Bertz CT molecular complexity index is 368. The summed E-state index contributed by atoms with van der Waals surface area (Å²) in [7, 11) is 0. The Hall–Kier alpha value is -1.13. The van der Waals surface area contributed by atoms with Crippen LogP contribution < -0.4 is 11.1 Å². The molecule has 0 fully saturated rings. The van der Waals surface area contributed by atoms with Crippen molar-refractivity contribution in [3.05, 3.63) is 34.6 Å². The maximum Gasteiger partial charge on any atom is 0.236 e. The molecule has 3 N–H and O–H groups in total. The number of benzene rings is 1. The van der Waals surface area contributed by atoms with Crippen LogP contribution in [0.2, 0.25) is 5.02 Å². The lowest BCUT2D eigenvalue weighted by atomic mass is 10.2. The number of halogens is 2. The third kappa shape index (κ3) is 3.49. The fourth-order valence-electron chi connectivity index (χ4n) is 1.000. The Labute approximate surface area is 92.4 Å². The number of nitrogens with one attached hydrogen (secondary N) is 1. The summed E-state index contributed by atoms with van der Waals surface area (Å²) in [6, 6.07) is 3.73. The highest BCUT2D eigenvalue weighted by Crippen LogP contribution is 2.15. The van der Waals surface area contributed by atoms with E-state index in [0.717, 1.165) is 5.56 Å². The van der Waals surface area contributed by atoms with Crippen LogP contribution in [0.25, 0.3) is 0 Å². The van der Waals surface area contributed by atoms with Crippen molar-refractivity contribution in [1.82, 2.24) is 5.32 Å². The summed E-state index contributed by atoms with van der Waals surface area (Å²) in [6.07, 6.45) is 0. The van der Waals surface area contributed by atoms with E-state index >= 15 is 0 Å². The normalized spacial score (nSPS) is 12.3. The average Bonchev–Trinajstić information content (AvgIpc) is 2.19. The van der Waals surface area contributed by atoms with Gasteiger partial charge in [0, 0.05) is 6.54 Å². The van der Waals surface area contributed by atoms with Gasteiger partial charge in [-0.15, -0.1) is 0 Å². The van der Waals surface area contributed by atoms with Gasteiger partial charge in [-0.25, -0.2) is 4.39 Å². The molecular weight excluding hydrogens is 219 g/mol. The minimum Gasteiger partial charge on any atom is -0.351 e. The summed E-state index contributed by atoms with van der Waals surface area (Å²) < 4.78 is 12.8. The topological polar surface area (TPSA) is 55.1 Å². The Kier molecular flexibility index (Phi) is 4.05. The zero-order chi connectivity index (χ0) is 11.4. The Balaban J connectivity index is 2.58. The highest BCUT2D eigenvalue weighted by Gasteiger charge is 2.07. The Morgan fingerprint density at radius 1 is 1.67 bits per heavy atom. The number of carbonyl (C=O) groups excluding carboxylic acids is 1. The fraction of sp³-hybridized carbons (Fsp3) is 0.300. The highest BCUT2D eigenvalue weighted by atomic mass is 35.5. The molecule has 1 aromatic carbocycles. The van der Waals surface area contributed by atoms with Crippen molar-refractivity contribution in [3.63, 3.8) is 0 Å². The van der Waals surface area contributed by atoms with Crippen LogP contribution in [0.3, 0.4) is 0 Å². The first-order chi connectivity index (χ1) is 7.00. The molecule has 3 nitrogen and oxygen atoms in total. The molecule has 0 bridgehead atoms. The third-order valence-electron chi connectivity index (χ3n) is 1.86. The second-order valence-corrected chi connectivity index (χ2v) is 3.66. The smallest absolute Gasteiger partial charge is 0.236 e. The molecular formula is C10H12ClFN2O. The SMILES string of the molecule is C[C@@H](N)C(=O)NCc1ccc(F)c(Cl)c1. The van der Waals surface area contributed by atoms with Crippen molar-refractivity contribution in [2.24, 2.45) is 5.73 Å². The van der Waals surface area contributed by atoms with Gasteiger partial charge < -0.3 is 11.1 Å². The van der Waals surface area contributed by atoms with Crippen LogP contribution in [-0.4, -0.2) is 11.9 Å². The largest absolute Gasteiger partial charge is 0.351 e. The van der Waals surface area contributed by atoms with E-state index in [1.54, 1.807) is 13.0 Å². The summed E-state index contributed by atoms with van der Waals surface area (Å²) in [5.74, 6) is -0.727. The van der Waals surface area contributed by atoms with Crippen LogP contribution in [0.5, 0.6) is 0 Å². The lowest BCUT2D eigenvalue weighted by molar-refractivity contribution is -0.122. The van der Waals surface area contributed by atoms with Gasteiger partial charge in [-0.3, -0.25) is 4.79 Å². The first-order valence-electron chi connectivity index (χ1n) is 4.48. The van der Waals surface area contributed by atoms with Gasteiger partial charge in [0.15, 0.2) is 0 Å². The van der Waals surface area contributed by atoms with Crippen molar-refractivity contribution in [3.8, 4) is 0 Å². The van der Waals surface area contributed by atoms with Gasteiger partial charge in [0.25, 0.3) is 0 Å². The predicted octanol–water partition coefficient (Wildman–Crippen LogP) is 1.44. The first kappa shape index (κ1) is 11.9. The van der Waals surface area contributed by atoms with Gasteiger partial charge in [0.2, 0.25) is 5.91 Å². The van der Waals surface area contributed by atoms with Crippen molar-refractivity contribution < 1.29 is 9.18 Å². The number of carbonyl (C=O) groups is 1. The molecule has 0 aliphatic heterocycles. The number of amides is 1. The second-order valence-electron chi connectivity index (χ2n) is 3.25. The number of hydrogen-bond donors (Lipinski definition) is 2. The van der Waals surface area contributed by atoms with Crippen molar-refractivity contribution in [2.75, 3.05) is 0 Å². The van der Waals surface area contributed by atoms with Gasteiger partial charge in [-0.1, -0.05) is 17.7 Å². The molecule has 1 atom stereocenters. The maximum atomic E-state index is 12.8. The van der Waals surface area contributed by atoms with Crippen LogP contribution in [-0.2, 0) is 11.3 Å². The standard InChI is InChI=1S/C10H12ClFN2O/c1-6(13)10(15)14-5-7-2-3-9(12)8(11)4-7/h2-4,6H,5,13H2,1H3,(H,14,15)/t6-/m1/s1. The molecule has 82 valence electrons. The zero-order valence-electron chi connectivity index (χ0n) is 8.26. The molecule has 0 heterocycles. The number of rotatable bonds is 3. The summed E-state index contributed by atoms with van der Waals surface area (Å²) in [5.41, 5.74) is 6.09.